The standard InChI is InChI=1S/C29H30N2O7/c1-12-7-13(2)9-14(8-12)16-5-6-19(32)21-17(16)10-15-11-18-23(31(3)4)25(34)22(28(30)37)27(36)29(18,38)26(35)20(15)24(21)33/h5-9,15,18,23,32,34-35,38H,10-11H2,1-4H3,(H2,30,37)/t15-,18-,23-,29-/m1/s1. The molecule has 0 spiro atoms. The molecule has 1 amide bonds. The molecule has 0 bridgehead atoms. The monoisotopic (exact) mass is 518 g/mol. The molecule has 198 valence electrons. The van der Waals surface area contributed by atoms with Gasteiger partial charge in [0.1, 0.15) is 22.8 Å². The predicted molar refractivity (Wildman–Crippen MR) is 139 cm³/mol. The van der Waals surface area contributed by atoms with E-state index in [4.69, 9.17) is 5.73 Å². The number of nitrogens with two attached hydrogens (primary N) is 1. The van der Waals surface area contributed by atoms with Gasteiger partial charge in [-0.15, -0.1) is 0 Å². The minimum Gasteiger partial charge on any atom is -0.510 e. The number of nitrogens with zero attached hydrogens (tertiary/aromatic N) is 1. The first-order valence-corrected chi connectivity index (χ1v) is 12.4. The van der Waals surface area contributed by atoms with Crippen LogP contribution in [0.3, 0.4) is 0 Å². The maximum absolute atomic E-state index is 13.9. The van der Waals surface area contributed by atoms with Gasteiger partial charge < -0.3 is 26.2 Å². The third-order valence-corrected chi connectivity index (χ3v) is 8.14. The van der Waals surface area contributed by atoms with E-state index >= 15 is 0 Å². The van der Waals surface area contributed by atoms with Crippen molar-refractivity contribution >= 4 is 17.5 Å². The van der Waals surface area contributed by atoms with E-state index in [0.717, 1.165) is 22.3 Å². The third-order valence-electron chi connectivity index (χ3n) is 8.14. The Balaban J connectivity index is 1.73. The van der Waals surface area contributed by atoms with Gasteiger partial charge in [-0.05, 0) is 69.5 Å². The van der Waals surface area contributed by atoms with Crippen molar-refractivity contribution in [3.05, 3.63) is 75.3 Å². The van der Waals surface area contributed by atoms with Crippen LogP contribution in [0.2, 0.25) is 0 Å². The Bertz CT molecular complexity index is 1480. The summed E-state index contributed by atoms with van der Waals surface area (Å²) >= 11 is 0. The molecule has 2 aromatic rings. The molecule has 0 saturated heterocycles. The first kappa shape index (κ1) is 25.7. The molecule has 0 fully saturated rings. The summed E-state index contributed by atoms with van der Waals surface area (Å²) in [4.78, 5) is 40.9. The van der Waals surface area contributed by atoms with Crippen LogP contribution in [0.25, 0.3) is 11.1 Å². The largest absolute Gasteiger partial charge is 0.510 e. The van der Waals surface area contributed by atoms with Crippen LogP contribution in [0, 0.1) is 25.7 Å². The Hall–Kier alpha value is -3.95. The molecule has 5 rings (SSSR count). The molecule has 0 saturated carbocycles. The summed E-state index contributed by atoms with van der Waals surface area (Å²) in [5.74, 6) is -6.60. The summed E-state index contributed by atoms with van der Waals surface area (Å²) < 4.78 is 0. The average Bonchev–Trinajstić information content (AvgIpc) is 2.80. The minimum absolute atomic E-state index is 0.00226. The number of hydrogen-bond acceptors (Lipinski definition) is 8. The van der Waals surface area contributed by atoms with Gasteiger partial charge in [-0.2, -0.15) is 0 Å². The number of aliphatic hydroxyl groups is 3. The SMILES string of the molecule is Cc1cc(C)cc(-c2ccc(O)c3c2C[C@@H]2C[C@@H]4[C@@H](N(C)C)C(O)=C(C(N)=O)C(=O)[C@]4(O)C(O)=C2C3=O)c1. The molecule has 6 N–H and O–H groups in total. The number of aromatic hydroxyl groups is 1. The van der Waals surface area contributed by atoms with Gasteiger partial charge in [-0.3, -0.25) is 19.3 Å². The summed E-state index contributed by atoms with van der Waals surface area (Å²) in [6.45, 7) is 3.94. The number of ketones is 2. The van der Waals surface area contributed by atoms with Crippen LogP contribution < -0.4 is 5.73 Å². The van der Waals surface area contributed by atoms with Crippen LogP contribution in [0.5, 0.6) is 5.75 Å². The fourth-order valence-corrected chi connectivity index (χ4v) is 6.65. The van der Waals surface area contributed by atoms with E-state index in [2.05, 4.69) is 0 Å². The lowest BCUT2D eigenvalue weighted by molar-refractivity contribution is -0.148. The maximum atomic E-state index is 13.9. The summed E-state index contributed by atoms with van der Waals surface area (Å²) in [5, 5.41) is 44.7. The van der Waals surface area contributed by atoms with E-state index in [-0.39, 0.29) is 29.7 Å². The number of benzene rings is 2. The number of Topliss-reactive ketones (excluding diaryl/α,β-unsaturated/α-hetero) is 2. The molecular formula is C29H30N2O7. The molecule has 38 heavy (non-hydrogen) atoms. The van der Waals surface area contributed by atoms with Crippen LogP contribution in [-0.2, 0) is 16.0 Å². The molecule has 0 aliphatic heterocycles. The zero-order chi connectivity index (χ0) is 27.8. The van der Waals surface area contributed by atoms with Crippen molar-refractivity contribution in [3.8, 4) is 16.9 Å². The van der Waals surface area contributed by atoms with E-state index < -0.39 is 58.0 Å². The number of carbonyl (C=O) groups excluding carboxylic acids is 3. The highest BCUT2D eigenvalue weighted by Gasteiger charge is 2.63. The van der Waals surface area contributed by atoms with Gasteiger partial charge in [-0.25, -0.2) is 0 Å². The van der Waals surface area contributed by atoms with Crippen molar-refractivity contribution in [2.45, 2.75) is 38.3 Å². The third kappa shape index (κ3) is 3.42. The molecular weight excluding hydrogens is 488 g/mol. The van der Waals surface area contributed by atoms with Crippen molar-refractivity contribution in [2.75, 3.05) is 14.1 Å². The lowest BCUT2D eigenvalue weighted by atomic mass is 9.58. The normalized spacial score (nSPS) is 26.8. The van der Waals surface area contributed by atoms with E-state index in [1.807, 2.05) is 32.0 Å². The van der Waals surface area contributed by atoms with Crippen LogP contribution in [0.1, 0.15) is 33.5 Å². The Labute approximate surface area is 219 Å². The number of carbonyl (C=O) groups is 3. The Morgan fingerprint density at radius 3 is 2.26 bits per heavy atom. The quantitative estimate of drug-likeness (QED) is 0.387. The number of fused-ring (bicyclic) bond motifs is 3. The fraction of sp³-hybridized carbons (Fsp3) is 0.345. The van der Waals surface area contributed by atoms with Gasteiger partial charge in [0.25, 0.3) is 5.91 Å². The van der Waals surface area contributed by atoms with E-state index in [0.29, 0.717) is 5.56 Å². The number of aliphatic hydroxyl groups excluding tert-OH is 2. The van der Waals surface area contributed by atoms with E-state index in [9.17, 15) is 34.8 Å². The van der Waals surface area contributed by atoms with Gasteiger partial charge in [0, 0.05) is 11.5 Å². The maximum Gasteiger partial charge on any atom is 0.255 e. The second-order valence-electron chi connectivity index (χ2n) is 10.8. The number of hydrogen-bond donors (Lipinski definition) is 5. The van der Waals surface area contributed by atoms with Crippen molar-refractivity contribution in [2.24, 2.45) is 17.6 Å². The van der Waals surface area contributed by atoms with Crippen molar-refractivity contribution in [3.63, 3.8) is 0 Å². The summed E-state index contributed by atoms with van der Waals surface area (Å²) in [5.41, 5.74) is 6.05. The number of rotatable bonds is 3. The Kier molecular flexibility index (Phi) is 5.77. The van der Waals surface area contributed by atoms with E-state index in [1.165, 1.54) is 11.0 Å². The molecule has 0 radical (unpaired) electrons. The van der Waals surface area contributed by atoms with E-state index in [1.54, 1.807) is 20.2 Å². The number of primary amides is 1. The first-order chi connectivity index (χ1) is 17.8. The summed E-state index contributed by atoms with van der Waals surface area (Å²) in [6.07, 6.45) is 0.291. The number of phenolic OH excluding ortho intramolecular Hbond substituents is 1. The van der Waals surface area contributed by atoms with Gasteiger partial charge in [0.05, 0.1) is 11.6 Å². The van der Waals surface area contributed by atoms with Crippen LogP contribution in [0.15, 0.2) is 53.0 Å². The lowest BCUT2D eigenvalue weighted by Crippen LogP contribution is -2.63. The topological polar surface area (TPSA) is 161 Å². The van der Waals surface area contributed by atoms with Crippen LogP contribution >= 0.6 is 0 Å². The molecule has 9 heteroatoms. The first-order valence-electron chi connectivity index (χ1n) is 12.4. The van der Waals surface area contributed by atoms with Gasteiger partial charge in [0.2, 0.25) is 5.78 Å². The lowest BCUT2D eigenvalue weighted by Gasteiger charge is -2.50. The molecule has 3 aliphatic rings. The second kappa shape index (κ2) is 8.54. The summed E-state index contributed by atoms with van der Waals surface area (Å²) in [6, 6.07) is 8.16. The molecule has 3 aliphatic carbocycles. The average molecular weight is 519 g/mol. The van der Waals surface area contributed by atoms with Gasteiger partial charge >= 0.3 is 0 Å². The summed E-state index contributed by atoms with van der Waals surface area (Å²) in [7, 11) is 3.20. The highest BCUT2D eigenvalue weighted by atomic mass is 16.3. The molecule has 0 unspecified atom stereocenters. The minimum atomic E-state index is -2.65. The zero-order valence-electron chi connectivity index (χ0n) is 21.6. The van der Waals surface area contributed by atoms with Gasteiger partial charge in [-0.1, -0.05) is 35.4 Å². The molecule has 0 heterocycles. The second-order valence-corrected chi connectivity index (χ2v) is 10.8. The van der Waals surface area contributed by atoms with Crippen LogP contribution in [0.4, 0.5) is 0 Å². The number of aryl methyl sites for hydroxylation is 2. The molecule has 4 atom stereocenters. The fourth-order valence-electron chi connectivity index (χ4n) is 6.65. The van der Waals surface area contributed by atoms with Crippen LogP contribution in [-0.4, -0.2) is 68.5 Å². The van der Waals surface area contributed by atoms with Gasteiger partial charge in [0.15, 0.2) is 11.4 Å². The number of phenols is 1. The van der Waals surface area contributed by atoms with Crippen molar-refractivity contribution in [1.82, 2.24) is 4.90 Å². The Morgan fingerprint density at radius 1 is 1.05 bits per heavy atom. The number of likely N-dealkylation sites (N-methyl/N-ethyl adjacent to an activating group) is 1. The predicted octanol–water partition coefficient (Wildman–Crippen LogP) is 2.40. The Morgan fingerprint density at radius 2 is 1.68 bits per heavy atom. The number of allylic oxidation sites excluding steroid dienone is 1. The molecule has 0 aromatic heterocycles. The zero-order valence-corrected chi connectivity index (χ0v) is 21.6. The van der Waals surface area contributed by atoms with Crippen molar-refractivity contribution in [1.29, 1.82) is 0 Å². The number of amides is 1. The smallest absolute Gasteiger partial charge is 0.255 e. The molecule has 9 nitrogen and oxygen atoms in total. The van der Waals surface area contributed by atoms with Crippen molar-refractivity contribution < 1.29 is 34.8 Å². The molecule has 2 aromatic carbocycles. The highest BCUT2D eigenvalue weighted by molar-refractivity contribution is 6.24. The highest BCUT2D eigenvalue weighted by Crippen LogP contribution is 2.53.